The number of anilines is 1. The van der Waals surface area contributed by atoms with Gasteiger partial charge in [-0.05, 0) is 69.1 Å². The molecule has 0 aliphatic carbocycles. The summed E-state index contributed by atoms with van der Waals surface area (Å²) < 4.78 is 5.59. The molecule has 1 aliphatic heterocycles. The fraction of sp³-hybridized carbons (Fsp3) is 0.409. The van der Waals surface area contributed by atoms with Crippen molar-refractivity contribution in [2.45, 2.75) is 32.7 Å². The van der Waals surface area contributed by atoms with E-state index in [9.17, 15) is 0 Å². The zero-order valence-electron chi connectivity index (χ0n) is 16.9. The molecule has 0 saturated carbocycles. The van der Waals surface area contributed by atoms with Gasteiger partial charge in [0.15, 0.2) is 5.96 Å². The van der Waals surface area contributed by atoms with Crippen LogP contribution in [0.25, 0.3) is 0 Å². The van der Waals surface area contributed by atoms with E-state index in [1.54, 1.807) is 7.11 Å². The van der Waals surface area contributed by atoms with Crippen LogP contribution in [0, 0.1) is 13.8 Å². The molecule has 1 saturated heterocycles. The predicted molar refractivity (Wildman–Crippen MR) is 128 cm³/mol. The van der Waals surface area contributed by atoms with E-state index < -0.39 is 0 Å². The molecule has 152 valence electrons. The van der Waals surface area contributed by atoms with Gasteiger partial charge in [0.2, 0.25) is 0 Å². The van der Waals surface area contributed by atoms with Gasteiger partial charge in [0.05, 0.1) is 19.7 Å². The SMILES string of the molecule is COc1ccccc1C(CN=C(N)Nc1cc(C)cc(C)c1)N1CCCC1.I. The summed E-state index contributed by atoms with van der Waals surface area (Å²) in [5.74, 6) is 1.35. The molecule has 0 aromatic heterocycles. The maximum atomic E-state index is 6.19. The van der Waals surface area contributed by atoms with E-state index in [4.69, 9.17) is 10.5 Å². The summed E-state index contributed by atoms with van der Waals surface area (Å²) in [5, 5.41) is 3.23. The van der Waals surface area contributed by atoms with Gasteiger partial charge in [0.25, 0.3) is 0 Å². The van der Waals surface area contributed by atoms with Crippen LogP contribution in [0.1, 0.15) is 35.6 Å². The zero-order valence-corrected chi connectivity index (χ0v) is 19.3. The number of benzene rings is 2. The Hall–Kier alpha value is -1.80. The van der Waals surface area contributed by atoms with Gasteiger partial charge < -0.3 is 15.8 Å². The number of aryl methyl sites for hydroxylation is 2. The third-order valence-electron chi connectivity index (χ3n) is 5.01. The third-order valence-corrected chi connectivity index (χ3v) is 5.01. The van der Waals surface area contributed by atoms with Crippen molar-refractivity contribution < 1.29 is 4.74 Å². The topological polar surface area (TPSA) is 62.9 Å². The molecule has 3 rings (SSSR count). The van der Waals surface area contributed by atoms with E-state index in [-0.39, 0.29) is 30.0 Å². The zero-order chi connectivity index (χ0) is 19.2. The van der Waals surface area contributed by atoms with Crippen molar-refractivity contribution in [1.29, 1.82) is 0 Å². The van der Waals surface area contributed by atoms with E-state index >= 15 is 0 Å². The van der Waals surface area contributed by atoms with E-state index in [1.165, 1.54) is 29.5 Å². The molecule has 28 heavy (non-hydrogen) atoms. The summed E-state index contributed by atoms with van der Waals surface area (Å²) in [6.45, 7) is 6.93. The number of halogens is 1. The van der Waals surface area contributed by atoms with Crippen LogP contribution in [0.2, 0.25) is 0 Å². The van der Waals surface area contributed by atoms with Crippen molar-refractivity contribution in [2.24, 2.45) is 10.7 Å². The number of rotatable bonds is 6. The summed E-state index contributed by atoms with van der Waals surface area (Å²) in [4.78, 5) is 7.14. The number of ether oxygens (including phenoxy) is 1. The van der Waals surface area contributed by atoms with Crippen molar-refractivity contribution in [3.05, 3.63) is 59.2 Å². The van der Waals surface area contributed by atoms with Crippen LogP contribution in [0.15, 0.2) is 47.5 Å². The molecule has 1 atom stereocenters. The standard InChI is InChI=1S/C22H30N4O.HI/c1-16-12-17(2)14-18(13-16)25-22(23)24-15-20(26-10-6-7-11-26)19-8-4-5-9-21(19)27-3;/h4-5,8-9,12-14,20H,6-7,10-11,15H2,1-3H3,(H3,23,24,25);1H. The second kappa shape index (κ2) is 10.7. The Morgan fingerprint density at radius 3 is 2.43 bits per heavy atom. The van der Waals surface area contributed by atoms with Crippen molar-refractivity contribution in [1.82, 2.24) is 4.90 Å². The van der Waals surface area contributed by atoms with Gasteiger partial charge in [-0.15, -0.1) is 24.0 Å². The largest absolute Gasteiger partial charge is 0.496 e. The van der Waals surface area contributed by atoms with E-state index in [2.05, 4.69) is 59.4 Å². The van der Waals surface area contributed by atoms with Crippen LogP contribution in [-0.2, 0) is 0 Å². The minimum atomic E-state index is 0. The fourth-order valence-electron chi connectivity index (χ4n) is 3.82. The minimum Gasteiger partial charge on any atom is -0.496 e. The molecule has 5 nitrogen and oxygen atoms in total. The molecule has 0 radical (unpaired) electrons. The van der Waals surface area contributed by atoms with Crippen LogP contribution in [0.4, 0.5) is 5.69 Å². The molecule has 0 bridgehead atoms. The third kappa shape index (κ3) is 5.85. The fourth-order valence-corrected chi connectivity index (χ4v) is 3.82. The first kappa shape index (κ1) is 22.5. The lowest BCUT2D eigenvalue weighted by molar-refractivity contribution is 0.245. The van der Waals surface area contributed by atoms with E-state index in [0.29, 0.717) is 12.5 Å². The van der Waals surface area contributed by atoms with Crippen molar-refractivity contribution in [3.8, 4) is 5.75 Å². The van der Waals surface area contributed by atoms with Crippen LogP contribution in [-0.4, -0.2) is 37.6 Å². The number of nitrogens with two attached hydrogens (primary N) is 1. The average Bonchev–Trinajstić information content (AvgIpc) is 3.16. The number of hydrogen-bond donors (Lipinski definition) is 2. The summed E-state index contributed by atoms with van der Waals surface area (Å²) >= 11 is 0. The van der Waals surface area contributed by atoms with Crippen molar-refractivity contribution in [3.63, 3.8) is 0 Å². The maximum absolute atomic E-state index is 6.19. The minimum absolute atomic E-state index is 0. The second-order valence-corrected chi connectivity index (χ2v) is 7.23. The molecule has 2 aromatic rings. The van der Waals surface area contributed by atoms with Crippen LogP contribution in [0.3, 0.4) is 0 Å². The molecule has 1 aliphatic rings. The first-order valence-electron chi connectivity index (χ1n) is 9.59. The first-order chi connectivity index (χ1) is 13.1. The monoisotopic (exact) mass is 494 g/mol. The van der Waals surface area contributed by atoms with Gasteiger partial charge in [0.1, 0.15) is 5.75 Å². The second-order valence-electron chi connectivity index (χ2n) is 7.23. The highest BCUT2D eigenvalue weighted by Crippen LogP contribution is 2.31. The van der Waals surface area contributed by atoms with Gasteiger partial charge >= 0.3 is 0 Å². The average molecular weight is 494 g/mol. The van der Waals surface area contributed by atoms with Crippen LogP contribution >= 0.6 is 24.0 Å². The quantitative estimate of drug-likeness (QED) is 0.353. The van der Waals surface area contributed by atoms with Gasteiger partial charge in [-0.1, -0.05) is 24.3 Å². The summed E-state index contributed by atoms with van der Waals surface area (Å²) in [5.41, 5.74) is 10.7. The molecule has 3 N–H and O–H groups in total. The normalized spacial score (nSPS) is 15.8. The van der Waals surface area contributed by atoms with Gasteiger partial charge in [-0.25, -0.2) is 0 Å². The molecule has 0 amide bonds. The van der Waals surface area contributed by atoms with Gasteiger partial charge in [-0.2, -0.15) is 0 Å². The summed E-state index contributed by atoms with van der Waals surface area (Å²) in [6, 6.07) is 14.7. The van der Waals surface area contributed by atoms with Gasteiger partial charge in [0, 0.05) is 11.3 Å². The number of nitrogens with zero attached hydrogens (tertiary/aromatic N) is 2. The number of methoxy groups -OCH3 is 1. The number of nitrogens with one attached hydrogen (secondary N) is 1. The highest BCUT2D eigenvalue weighted by molar-refractivity contribution is 14.0. The number of aliphatic imine (C=N–C) groups is 1. The molecule has 1 unspecified atom stereocenters. The number of para-hydroxylation sites is 1. The van der Waals surface area contributed by atoms with Gasteiger partial charge in [-0.3, -0.25) is 9.89 Å². The maximum Gasteiger partial charge on any atom is 0.193 e. The van der Waals surface area contributed by atoms with E-state index in [0.717, 1.165) is 24.5 Å². The lowest BCUT2D eigenvalue weighted by Crippen LogP contribution is -2.30. The summed E-state index contributed by atoms with van der Waals surface area (Å²) in [6.07, 6.45) is 2.46. The predicted octanol–water partition coefficient (Wildman–Crippen LogP) is 4.49. The van der Waals surface area contributed by atoms with Crippen molar-refractivity contribution in [2.75, 3.05) is 32.1 Å². The Morgan fingerprint density at radius 1 is 1.14 bits per heavy atom. The molecular formula is C22H31IN4O. The summed E-state index contributed by atoms with van der Waals surface area (Å²) in [7, 11) is 1.72. The Morgan fingerprint density at radius 2 is 1.79 bits per heavy atom. The molecule has 1 heterocycles. The van der Waals surface area contributed by atoms with Crippen LogP contribution in [0.5, 0.6) is 5.75 Å². The lowest BCUT2D eigenvalue weighted by Gasteiger charge is -2.28. The van der Waals surface area contributed by atoms with Crippen LogP contribution < -0.4 is 15.8 Å². The number of guanidine groups is 1. The molecule has 1 fully saturated rings. The number of likely N-dealkylation sites (tertiary alicyclic amines) is 1. The Labute approximate surface area is 185 Å². The highest BCUT2D eigenvalue weighted by atomic mass is 127. The van der Waals surface area contributed by atoms with Crippen molar-refractivity contribution >= 4 is 35.6 Å². The lowest BCUT2D eigenvalue weighted by atomic mass is 10.0. The Bertz CT molecular complexity index is 783. The smallest absolute Gasteiger partial charge is 0.193 e. The highest BCUT2D eigenvalue weighted by Gasteiger charge is 2.25. The molecule has 2 aromatic carbocycles. The van der Waals surface area contributed by atoms with E-state index in [1.807, 2.05) is 12.1 Å². The first-order valence-corrected chi connectivity index (χ1v) is 9.59. The Balaban J connectivity index is 0.00000280. The number of hydrogen-bond acceptors (Lipinski definition) is 3. The molecule has 6 heteroatoms. The molecular weight excluding hydrogens is 463 g/mol. The molecule has 0 spiro atoms. The Kier molecular flexibility index (Phi) is 8.57.